The number of hydrogen-bond acceptors (Lipinski definition) is 4. The summed E-state index contributed by atoms with van der Waals surface area (Å²) in [7, 11) is 0. The summed E-state index contributed by atoms with van der Waals surface area (Å²) < 4.78 is 235. The molecule has 1 aliphatic rings. The third kappa shape index (κ3) is 4.68. The normalized spacial score (nSPS) is 22.8. The second-order valence-corrected chi connectivity index (χ2v) is 7.57. The third-order valence-electron chi connectivity index (χ3n) is 5.19. The fraction of sp³-hybridized carbons (Fsp3) is 0.867. The molecule has 0 aromatic heterocycles. The van der Waals surface area contributed by atoms with Crippen molar-refractivity contribution in [2.75, 3.05) is 0 Å². The van der Waals surface area contributed by atoms with Crippen molar-refractivity contribution in [2.45, 2.75) is 72.7 Å². The Kier molecular flexibility index (Phi) is 8.10. The van der Waals surface area contributed by atoms with E-state index in [9.17, 15) is 84.2 Å². The van der Waals surface area contributed by atoms with Crippen LogP contribution in [0.5, 0.6) is 0 Å². The molecule has 6 nitrogen and oxygen atoms in total. The fourth-order valence-corrected chi connectivity index (χ4v) is 3.24. The van der Waals surface area contributed by atoms with Crippen molar-refractivity contribution in [2.24, 2.45) is 5.92 Å². The van der Waals surface area contributed by atoms with Crippen molar-refractivity contribution >= 4 is 12.3 Å². The van der Waals surface area contributed by atoms with Crippen LogP contribution in [0, 0.1) is 5.92 Å². The molecular weight excluding hydrogens is 599 g/mol. The molecule has 1 aliphatic carbocycles. The zero-order valence-electron chi connectivity index (χ0n) is 17.1. The minimum Gasteiger partial charge on any atom is -0.450 e. The highest BCUT2D eigenvalue weighted by molar-refractivity contribution is 5.58. The summed E-state index contributed by atoms with van der Waals surface area (Å²) in [6, 6.07) is 0. The highest BCUT2D eigenvalue weighted by Crippen LogP contribution is 2.65. The van der Waals surface area contributed by atoms with Gasteiger partial charge in [-0.15, -0.1) is 0 Å². The first-order valence-corrected chi connectivity index (χ1v) is 8.95. The largest absolute Gasteiger partial charge is 0.506 e. The van der Waals surface area contributed by atoms with Crippen LogP contribution in [0.15, 0.2) is 0 Å². The van der Waals surface area contributed by atoms with E-state index >= 15 is 0 Å². The Morgan fingerprint density at radius 2 is 0.868 bits per heavy atom. The highest BCUT2D eigenvalue weighted by atomic mass is 19.4. The van der Waals surface area contributed by atoms with Gasteiger partial charge in [0, 0.05) is 6.42 Å². The average Bonchev–Trinajstić information content (AvgIpc) is 3.07. The van der Waals surface area contributed by atoms with Gasteiger partial charge in [-0.05, 0) is 6.42 Å². The van der Waals surface area contributed by atoms with Crippen LogP contribution >= 0.6 is 0 Å². The van der Waals surface area contributed by atoms with Gasteiger partial charge in [-0.25, -0.2) is 9.59 Å². The summed E-state index contributed by atoms with van der Waals surface area (Å²) in [5.41, 5.74) is 0. The quantitative estimate of drug-likeness (QED) is 0.229. The fourth-order valence-electron chi connectivity index (χ4n) is 3.24. The van der Waals surface area contributed by atoms with Gasteiger partial charge in [0.15, 0.2) is 0 Å². The molecule has 0 radical (unpaired) electrons. The molecule has 0 aliphatic heterocycles. The molecule has 3 unspecified atom stereocenters. The Morgan fingerprint density at radius 3 is 1.21 bits per heavy atom. The Balaban J connectivity index is 3.67. The van der Waals surface area contributed by atoms with Crippen LogP contribution in [0.25, 0.3) is 0 Å². The lowest BCUT2D eigenvalue weighted by Gasteiger charge is -2.44. The monoisotopic (exact) mass is 608 g/mol. The van der Waals surface area contributed by atoms with E-state index in [1.165, 1.54) is 0 Å². The average molecular weight is 608 g/mol. The Labute approximate surface area is 196 Å². The molecule has 2 N–H and O–H groups in total. The summed E-state index contributed by atoms with van der Waals surface area (Å²) in [5.74, 6) is -62.1. The van der Waals surface area contributed by atoms with E-state index in [1.807, 2.05) is 0 Å². The van der Waals surface area contributed by atoms with Crippen molar-refractivity contribution in [3.63, 3.8) is 0 Å². The number of carbonyl (C=O) groups is 2. The number of alkyl halides is 17. The van der Waals surface area contributed by atoms with Gasteiger partial charge in [0.05, 0.1) is 5.92 Å². The molecule has 1 rings (SSSR count). The molecule has 0 heterocycles. The summed E-state index contributed by atoms with van der Waals surface area (Å²) in [6.07, 6.45) is -21.8. The van der Waals surface area contributed by atoms with Crippen molar-refractivity contribution < 1.29 is 104 Å². The Morgan fingerprint density at radius 1 is 0.526 bits per heavy atom. The third-order valence-corrected chi connectivity index (χ3v) is 5.19. The molecule has 0 bridgehead atoms. The molecule has 1 fully saturated rings. The molecule has 0 saturated heterocycles. The first kappa shape index (κ1) is 33.4. The zero-order chi connectivity index (χ0) is 30.7. The van der Waals surface area contributed by atoms with Gasteiger partial charge in [0.2, 0.25) is 0 Å². The van der Waals surface area contributed by atoms with Crippen molar-refractivity contribution in [1.29, 1.82) is 0 Å². The van der Waals surface area contributed by atoms with Crippen LogP contribution in [0.4, 0.5) is 84.2 Å². The SMILES string of the molecule is O=C(O)OC1CC(OC(=O)O)C(C(F)(F)C(F)(F)C(F)(F)C(F)(F)C(F)(F)C(F)(F)C(F)(F)C(F)(F)F)C1. The number of rotatable bonds is 9. The molecule has 0 amide bonds. The molecule has 3 atom stereocenters. The molecule has 0 spiro atoms. The smallest absolute Gasteiger partial charge is 0.450 e. The van der Waals surface area contributed by atoms with Gasteiger partial charge >= 0.3 is 59.9 Å². The zero-order valence-corrected chi connectivity index (χ0v) is 17.1. The minimum atomic E-state index is -8.82. The summed E-state index contributed by atoms with van der Waals surface area (Å²) >= 11 is 0. The number of ether oxygens (including phenoxy) is 2. The summed E-state index contributed by atoms with van der Waals surface area (Å²) in [5, 5.41) is 16.8. The van der Waals surface area contributed by atoms with E-state index < -0.39 is 90.9 Å². The lowest BCUT2D eigenvalue weighted by atomic mass is 9.84. The molecule has 38 heavy (non-hydrogen) atoms. The van der Waals surface area contributed by atoms with Gasteiger partial charge < -0.3 is 19.7 Å². The van der Waals surface area contributed by atoms with Crippen molar-refractivity contribution in [3.05, 3.63) is 0 Å². The highest BCUT2D eigenvalue weighted by Gasteiger charge is 2.95. The summed E-state index contributed by atoms with van der Waals surface area (Å²) in [6.45, 7) is 0. The standard InChI is InChI=1S/C15H9F17O6/c16-8(17,4-1-3(37-6(33)34)2-5(4)38-7(35)36)9(18,19)10(20,21)11(22,23)12(24,25)13(26,27)14(28,29)15(30,31)32/h3-5H,1-2H2,(H,33,34)(H,35,36). The molecule has 0 aromatic rings. The van der Waals surface area contributed by atoms with E-state index in [0.29, 0.717) is 0 Å². The predicted molar refractivity (Wildman–Crippen MR) is 79.2 cm³/mol. The van der Waals surface area contributed by atoms with Crippen LogP contribution in [0.1, 0.15) is 12.8 Å². The maximum absolute atomic E-state index is 14.5. The van der Waals surface area contributed by atoms with Gasteiger partial charge in [-0.1, -0.05) is 0 Å². The van der Waals surface area contributed by atoms with Crippen LogP contribution in [-0.2, 0) is 9.47 Å². The Hall–Kier alpha value is -2.65. The number of carboxylic acid groups (broad SMARTS) is 2. The predicted octanol–water partition coefficient (Wildman–Crippen LogP) is 6.53. The van der Waals surface area contributed by atoms with E-state index in [4.69, 9.17) is 10.2 Å². The van der Waals surface area contributed by atoms with E-state index in [0.717, 1.165) is 0 Å². The first-order valence-electron chi connectivity index (χ1n) is 8.95. The number of hydrogen-bond donors (Lipinski definition) is 2. The second-order valence-electron chi connectivity index (χ2n) is 7.57. The molecular formula is C15H9F17O6. The second kappa shape index (κ2) is 9.23. The maximum atomic E-state index is 14.5. The van der Waals surface area contributed by atoms with Crippen LogP contribution in [0.3, 0.4) is 0 Å². The van der Waals surface area contributed by atoms with Crippen LogP contribution in [-0.4, -0.2) is 82.4 Å². The molecule has 23 heteroatoms. The number of halogens is 17. The van der Waals surface area contributed by atoms with Crippen LogP contribution < -0.4 is 0 Å². The van der Waals surface area contributed by atoms with Crippen molar-refractivity contribution in [1.82, 2.24) is 0 Å². The molecule has 0 aromatic carbocycles. The lowest BCUT2D eigenvalue weighted by Crippen LogP contribution is -2.75. The topological polar surface area (TPSA) is 93.1 Å². The molecule has 1 saturated carbocycles. The van der Waals surface area contributed by atoms with Gasteiger partial charge in [-0.2, -0.15) is 74.6 Å². The van der Waals surface area contributed by atoms with Crippen LogP contribution in [0.2, 0.25) is 0 Å². The van der Waals surface area contributed by atoms with E-state index in [-0.39, 0.29) is 0 Å². The molecule has 224 valence electrons. The van der Waals surface area contributed by atoms with Gasteiger partial charge in [-0.3, -0.25) is 0 Å². The Bertz CT molecular complexity index is 914. The van der Waals surface area contributed by atoms with Gasteiger partial charge in [0.1, 0.15) is 12.2 Å². The minimum absolute atomic E-state index is 1.50. The first-order chi connectivity index (χ1) is 16.4. The lowest BCUT2D eigenvalue weighted by molar-refractivity contribution is -0.464. The summed E-state index contributed by atoms with van der Waals surface area (Å²) in [4.78, 5) is 21.0. The van der Waals surface area contributed by atoms with Crippen molar-refractivity contribution in [3.8, 4) is 0 Å². The maximum Gasteiger partial charge on any atom is 0.506 e. The van der Waals surface area contributed by atoms with E-state index in [1.54, 1.807) is 0 Å². The van der Waals surface area contributed by atoms with Gasteiger partial charge in [0.25, 0.3) is 0 Å². The van der Waals surface area contributed by atoms with E-state index in [2.05, 4.69) is 9.47 Å².